The van der Waals surface area contributed by atoms with Gasteiger partial charge in [-0.05, 0) is 30.7 Å². The number of hydrogen-bond acceptors (Lipinski definition) is 2. The number of amides is 2. The van der Waals surface area contributed by atoms with E-state index in [0.717, 1.165) is 31.5 Å². The van der Waals surface area contributed by atoms with E-state index >= 15 is 0 Å². The highest BCUT2D eigenvalue weighted by Crippen LogP contribution is 2.11. The molecular weight excluding hydrogens is 214 g/mol. The molecule has 4 heteroatoms. The number of hydrogen-bond donors (Lipinski definition) is 2. The number of nitrogens with zero attached hydrogens (tertiary/aromatic N) is 1. The number of benzene rings is 1. The summed E-state index contributed by atoms with van der Waals surface area (Å²) < 4.78 is 0. The standard InChI is InChI=1S/C13H21N3O/c1-3-4-5-10-16(2)13(17)15-12-8-6-11(14)7-9-12/h6-9H,3-5,10,14H2,1-2H3,(H,15,17). The predicted molar refractivity (Wildman–Crippen MR) is 72.0 cm³/mol. The van der Waals surface area contributed by atoms with Crippen LogP contribution in [-0.4, -0.2) is 24.5 Å². The second kappa shape index (κ2) is 6.78. The lowest BCUT2D eigenvalue weighted by Crippen LogP contribution is -2.32. The number of nitrogen functional groups attached to an aromatic ring is 1. The minimum Gasteiger partial charge on any atom is -0.399 e. The van der Waals surface area contributed by atoms with Gasteiger partial charge in [-0.15, -0.1) is 0 Å². The molecule has 0 atom stereocenters. The number of anilines is 2. The van der Waals surface area contributed by atoms with E-state index in [1.807, 2.05) is 7.05 Å². The third kappa shape index (κ3) is 4.76. The van der Waals surface area contributed by atoms with Crippen molar-refractivity contribution in [2.75, 3.05) is 24.6 Å². The van der Waals surface area contributed by atoms with Crippen molar-refractivity contribution in [3.63, 3.8) is 0 Å². The van der Waals surface area contributed by atoms with Crippen molar-refractivity contribution in [2.45, 2.75) is 26.2 Å². The molecule has 0 unspecified atom stereocenters. The first kappa shape index (κ1) is 13.4. The summed E-state index contributed by atoms with van der Waals surface area (Å²) in [6.07, 6.45) is 3.36. The molecule has 1 rings (SSSR count). The first-order valence-corrected chi connectivity index (χ1v) is 6.01. The Morgan fingerprint density at radius 1 is 1.29 bits per heavy atom. The molecule has 2 amide bonds. The second-order valence-electron chi connectivity index (χ2n) is 4.18. The van der Waals surface area contributed by atoms with Crippen LogP contribution in [0.4, 0.5) is 16.2 Å². The van der Waals surface area contributed by atoms with Crippen LogP contribution in [0.5, 0.6) is 0 Å². The van der Waals surface area contributed by atoms with Gasteiger partial charge in [0, 0.05) is 25.0 Å². The zero-order valence-electron chi connectivity index (χ0n) is 10.6. The van der Waals surface area contributed by atoms with Crippen molar-refractivity contribution < 1.29 is 4.79 Å². The maximum atomic E-state index is 11.8. The molecule has 0 aromatic heterocycles. The second-order valence-corrected chi connectivity index (χ2v) is 4.18. The molecular formula is C13H21N3O. The van der Waals surface area contributed by atoms with Crippen LogP contribution in [0.3, 0.4) is 0 Å². The average molecular weight is 235 g/mol. The van der Waals surface area contributed by atoms with E-state index < -0.39 is 0 Å². The van der Waals surface area contributed by atoms with Gasteiger partial charge in [0.2, 0.25) is 0 Å². The summed E-state index contributed by atoms with van der Waals surface area (Å²) in [7, 11) is 1.81. The molecule has 0 spiro atoms. The van der Waals surface area contributed by atoms with Crippen molar-refractivity contribution in [1.82, 2.24) is 4.90 Å². The van der Waals surface area contributed by atoms with Crippen LogP contribution >= 0.6 is 0 Å². The summed E-state index contributed by atoms with van der Waals surface area (Å²) in [6.45, 7) is 2.93. The van der Waals surface area contributed by atoms with Gasteiger partial charge in [-0.2, -0.15) is 0 Å². The Labute approximate surface area is 103 Å². The third-order valence-corrected chi connectivity index (χ3v) is 2.61. The lowest BCUT2D eigenvalue weighted by molar-refractivity contribution is 0.221. The van der Waals surface area contributed by atoms with Gasteiger partial charge < -0.3 is 16.0 Å². The highest BCUT2D eigenvalue weighted by molar-refractivity contribution is 5.89. The monoisotopic (exact) mass is 235 g/mol. The molecule has 0 bridgehead atoms. The Bertz CT molecular complexity index is 348. The SMILES string of the molecule is CCCCCN(C)C(=O)Nc1ccc(N)cc1. The molecule has 17 heavy (non-hydrogen) atoms. The van der Waals surface area contributed by atoms with Crippen molar-refractivity contribution in [1.29, 1.82) is 0 Å². The Hall–Kier alpha value is -1.71. The van der Waals surface area contributed by atoms with Crippen LogP contribution in [0.15, 0.2) is 24.3 Å². The van der Waals surface area contributed by atoms with Crippen LogP contribution in [0.1, 0.15) is 26.2 Å². The van der Waals surface area contributed by atoms with Gasteiger partial charge >= 0.3 is 6.03 Å². The Kier molecular flexibility index (Phi) is 5.33. The molecule has 0 radical (unpaired) electrons. The summed E-state index contributed by atoms with van der Waals surface area (Å²) in [5.74, 6) is 0. The van der Waals surface area contributed by atoms with Gasteiger partial charge in [-0.3, -0.25) is 0 Å². The largest absolute Gasteiger partial charge is 0.399 e. The third-order valence-electron chi connectivity index (χ3n) is 2.61. The number of nitrogens with one attached hydrogen (secondary N) is 1. The fraction of sp³-hybridized carbons (Fsp3) is 0.462. The van der Waals surface area contributed by atoms with E-state index in [1.54, 1.807) is 29.2 Å². The molecule has 0 aliphatic heterocycles. The van der Waals surface area contributed by atoms with Crippen molar-refractivity contribution in [3.05, 3.63) is 24.3 Å². The molecule has 0 fully saturated rings. The average Bonchev–Trinajstić information content (AvgIpc) is 2.32. The first-order valence-electron chi connectivity index (χ1n) is 6.01. The summed E-state index contributed by atoms with van der Waals surface area (Å²) >= 11 is 0. The topological polar surface area (TPSA) is 58.4 Å². The van der Waals surface area contributed by atoms with Gasteiger partial charge in [-0.1, -0.05) is 19.8 Å². The van der Waals surface area contributed by atoms with E-state index in [0.29, 0.717) is 5.69 Å². The lowest BCUT2D eigenvalue weighted by Gasteiger charge is -2.17. The highest BCUT2D eigenvalue weighted by atomic mass is 16.2. The maximum absolute atomic E-state index is 11.8. The minimum atomic E-state index is -0.0779. The Balaban J connectivity index is 2.40. The van der Waals surface area contributed by atoms with Gasteiger partial charge in [-0.25, -0.2) is 4.79 Å². The van der Waals surface area contributed by atoms with E-state index in [4.69, 9.17) is 5.73 Å². The Morgan fingerprint density at radius 3 is 2.53 bits per heavy atom. The first-order chi connectivity index (χ1) is 8.13. The van der Waals surface area contributed by atoms with Crippen LogP contribution < -0.4 is 11.1 Å². The zero-order valence-corrected chi connectivity index (χ0v) is 10.6. The fourth-order valence-corrected chi connectivity index (χ4v) is 1.49. The fourth-order valence-electron chi connectivity index (χ4n) is 1.49. The van der Waals surface area contributed by atoms with Gasteiger partial charge in [0.25, 0.3) is 0 Å². The number of nitrogens with two attached hydrogens (primary N) is 1. The number of unbranched alkanes of at least 4 members (excludes halogenated alkanes) is 2. The molecule has 0 aliphatic carbocycles. The summed E-state index contributed by atoms with van der Waals surface area (Å²) in [4.78, 5) is 13.5. The van der Waals surface area contributed by atoms with E-state index in [-0.39, 0.29) is 6.03 Å². The summed E-state index contributed by atoms with van der Waals surface area (Å²) in [6, 6.07) is 7.06. The quantitative estimate of drug-likeness (QED) is 0.609. The van der Waals surface area contributed by atoms with Crippen molar-refractivity contribution >= 4 is 17.4 Å². The smallest absolute Gasteiger partial charge is 0.321 e. The van der Waals surface area contributed by atoms with Crippen molar-refractivity contribution in [2.24, 2.45) is 0 Å². The molecule has 0 aliphatic rings. The molecule has 1 aromatic rings. The molecule has 94 valence electrons. The summed E-state index contributed by atoms with van der Waals surface area (Å²) in [5, 5.41) is 2.83. The number of rotatable bonds is 5. The van der Waals surface area contributed by atoms with E-state index in [1.165, 1.54) is 0 Å². The minimum absolute atomic E-state index is 0.0779. The van der Waals surface area contributed by atoms with E-state index in [2.05, 4.69) is 12.2 Å². The van der Waals surface area contributed by atoms with Crippen LogP contribution in [-0.2, 0) is 0 Å². The van der Waals surface area contributed by atoms with E-state index in [9.17, 15) is 4.79 Å². The number of carbonyl (C=O) groups excluding carboxylic acids is 1. The normalized spacial score (nSPS) is 10.0. The number of urea groups is 1. The summed E-state index contributed by atoms with van der Waals surface area (Å²) in [5.41, 5.74) is 7.04. The van der Waals surface area contributed by atoms with Crippen LogP contribution in [0, 0.1) is 0 Å². The molecule has 0 heterocycles. The Morgan fingerprint density at radius 2 is 1.94 bits per heavy atom. The lowest BCUT2D eigenvalue weighted by atomic mass is 10.2. The van der Waals surface area contributed by atoms with Crippen LogP contribution in [0.25, 0.3) is 0 Å². The number of carbonyl (C=O) groups is 1. The molecule has 0 saturated heterocycles. The van der Waals surface area contributed by atoms with Gasteiger partial charge in [0.1, 0.15) is 0 Å². The van der Waals surface area contributed by atoms with Gasteiger partial charge in [0.15, 0.2) is 0 Å². The van der Waals surface area contributed by atoms with Crippen LogP contribution in [0.2, 0.25) is 0 Å². The molecule has 4 nitrogen and oxygen atoms in total. The highest BCUT2D eigenvalue weighted by Gasteiger charge is 2.07. The van der Waals surface area contributed by atoms with Gasteiger partial charge in [0.05, 0.1) is 0 Å². The molecule has 3 N–H and O–H groups in total. The predicted octanol–water partition coefficient (Wildman–Crippen LogP) is 2.92. The molecule has 1 aromatic carbocycles. The molecule has 0 saturated carbocycles. The zero-order chi connectivity index (χ0) is 12.7. The maximum Gasteiger partial charge on any atom is 0.321 e. The van der Waals surface area contributed by atoms with Crippen molar-refractivity contribution in [3.8, 4) is 0 Å².